The van der Waals surface area contributed by atoms with E-state index >= 15 is 0 Å². The second-order valence-electron chi connectivity index (χ2n) is 3.94. The number of para-hydroxylation sites is 1. The highest BCUT2D eigenvalue weighted by atomic mass is 16.6. The highest BCUT2D eigenvalue weighted by Crippen LogP contribution is 2.24. The van der Waals surface area contributed by atoms with Crippen molar-refractivity contribution < 1.29 is 14.2 Å². The molecule has 0 aliphatic rings. The molecule has 1 heterocycles. The van der Waals surface area contributed by atoms with Gasteiger partial charge >= 0.3 is 0 Å². The summed E-state index contributed by atoms with van der Waals surface area (Å²) in [5.74, 6) is 0.212. The number of aromatic nitrogens is 2. The van der Waals surface area contributed by atoms with Crippen LogP contribution in [0.15, 0.2) is 28.9 Å². The molecule has 7 heteroatoms. The van der Waals surface area contributed by atoms with E-state index in [1.54, 1.807) is 7.11 Å². The molecule has 2 rings (SSSR count). The zero-order chi connectivity index (χ0) is 13.8. The fourth-order valence-electron chi connectivity index (χ4n) is 1.72. The van der Waals surface area contributed by atoms with Crippen molar-refractivity contribution in [2.24, 2.45) is 0 Å². The smallest absolute Gasteiger partial charge is 0.277 e. The summed E-state index contributed by atoms with van der Waals surface area (Å²) in [4.78, 5) is 11.9. The third-order valence-corrected chi connectivity index (χ3v) is 2.68. The second kappa shape index (κ2) is 5.38. The molecule has 0 saturated heterocycles. The molecule has 1 aromatic heterocycles. The Morgan fingerprint density at radius 3 is 2.79 bits per heavy atom. The lowest BCUT2D eigenvalue weighted by Gasteiger charge is -2.16. The summed E-state index contributed by atoms with van der Waals surface area (Å²) >= 11 is 0. The summed E-state index contributed by atoms with van der Waals surface area (Å²) in [7, 11) is 1.58. The lowest BCUT2D eigenvalue weighted by atomic mass is 10.1. The predicted molar refractivity (Wildman–Crippen MR) is 67.6 cm³/mol. The van der Waals surface area contributed by atoms with Crippen LogP contribution in [0.1, 0.15) is 29.0 Å². The molecular weight excluding hydrogens is 248 g/mol. The van der Waals surface area contributed by atoms with E-state index in [1.165, 1.54) is 0 Å². The highest BCUT2D eigenvalue weighted by Gasteiger charge is 2.19. The van der Waals surface area contributed by atoms with Crippen LogP contribution in [0.25, 0.3) is 0 Å². The molecule has 1 atom stereocenters. The summed E-state index contributed by atoms with van der Waals surface area (Å²) in [6, 6.07) is 7.15. The third kappa shape index (κ3) is 2.65. The molecule has 0 radical (unpaired) electrons. The van der Waals surface area contributed by atoms with Gasteiger partial charge in [0.2, 0.25) is 11.5 Å². The van der Waals surface area contributed by atoms with Crippen molar-refractivity contribution in [3.8, 4) is 5.75 Å². The summed E-state index contributed by atoms with van der Waals surface area (Å²) in [5, 5.41) is 9.56. The van der Waals surface area contributed by atoms with E-state index in [2.05, 4.69) is 20.3 Å². The Morgan fingerprint density at radius 1 is 1.42 bits per heavy atom. The zero-order valence-electron chi connectivity index (χ0n) is 10.6. The first kappa shape index (κ1) is 12.9. The molecule has 7 nitrogen and oxygen atoms in total. The highest BCUT2D eigenvalue weighted by molar-refractivity contribution is 5.96. The number of nitrogens with two attached hydrogens (primary N) is 1. The monoisotopic (exact) mass is 262 g/mol. The lowest BCUT2D eigenvalue weighted by Crippen LogP contribution is -2.27. The number of rotatable bonds is 4. The van der Waals surface area contributed by atoms with Crippen molar-refractivity contribution >= 4 is 11.7 Å². The van der Waals surface area contributed by atoms with Gasteiger partial charge in [-0.1, -0.05) is 18.2 Å². The summed E-state index contributed by atoms with van der Waals surface area (Å²) < 4.78 is 9.63. The zero-order valence-corrected chi connectivity index (χ0v) is 10.6. The SMILES string of the molecule is COc1ccccc1C(C)NC(=O)c1nonc1N. The van der Waals surface area contributed by atoms with Gasteiger partial charge in [0.1, 0.15) is 5.75 Å². The largest absolute Gasteiger partial charge is 0.496 e. The van der Waals surface area contributed by atoms with E-state index in [4.69, 9.17) is 10.5 Å². The molecule has 2 aromatic rings. The number of anilines is 1. The molecule has 0 aliphatic carbocycles. The van der Waals surface area contributed by atoms with Gasteiger partial charge in [0.25, 0.3) is 5.91 Å². The number of nitrogens with one attached hydrogen (secondary N) is 1. The fraction of sp³-hybridized carbons (Fsp3) is 0.250. The Hall–Kier alpha value is -2.57. The number of benzene rings is 1. The molecule has 0 aliphatic heterocycles. The minimum absolute atomic E-state index is 0.0262. The van der Waals surface area contributed by atoms with Gasteiger partial charge in [0.05, 0.1) is 13.2 Å². The molecule has 0 saturated carbocycles. The van der Waals surface area contributed by atoms with Crippen molar-refractivity contribution in [3.63, 3.8) is 0 Å². The number of hydrogen-bond acceptors (Lipinski definition) is 6. The summed E-state index contributed by atoms with van der Waals surface area (Å²) in [6.07, 6.45) is 0. The van der Waals surface area contributed by atoms with Crippen LogP contribution in [0.3, 0.4) is 0 Å². The first-order valence-corrected chi connectivity index (χ1v) is 5.65. The Kier molecular flexibility index (Phi) is 3.65. The van der Waals surface area contributed by atoms with Gasteiger partial charge in [-0.05, 0) is 23.3 Å². The van der Waals surface area contributed by atoms with Crippen LogP contribution in [0.2, 0.25) is 0 Å². The third-order valence-electron chi connectivity index (χ3n) is 2.68. The number of hydrogen-bond donors (Lipinski definition) is 2. The van der Waals surface area contributed by atoms with Crippen molar-refractivity contribution in [2.45, 2.75) is 13.0 Å². The summed E-state index contributed by atoms with van der Waals surface area (Å²) in [6.45, 7) is 1.83. The van der Waals surface area contributed by atoms with Crippen LogP contribution in [0, 0.1) is 0 Å². The van der Waals surface area contributed by atoms with E-state index in [1.807, 2.05) is 31.2 Å². The van der Waals surface area contributed by atoms with Crippen molar-refractivity contribution in [3.05, 3.63) is 35.5 Å². The van der Waals surface area contributed by atoms with E-state index in [-0.39, 0.29) is 17.6 Å². The topological polar surface area (TPSA) is 103 Å². The number of ether oxygens (including phenoxy) is 1. The average molecular weight is 262 g/mol. The lowest BCUT2D eigenvalue weighted by molar-refractivity contribution is 0.0930. The molecule has 0 bridgehead atoms. The first-order chi connectivity index (χ1) is 9.13. The van der Waals surface area contributed by atoms with Crippen LogP contribution in [-0.2, 0) is 0 Å². The van der Waals surface area contributed by atoms with Crippen LogP contribution < -0.4 is 15.8 Å². The maximum atomic E-state index is 11.9. The molecule has 100 valence electrons. The Balaban J connectivity index is 2.15. The average Bonchev–Trinajstić information content (AvgIpc) is 2.85. The standard InChI is InChI=1S/C12H14N4O3/c1-7(8-5-3-4-6-9(8)18-2)14-12(17)10-11(13)16-19-15-10/h3-7H,1-2H3,(H2,13,16)(H,14,17). The van der Waals surface area contributed by atoms with Gasteiger partial charge in [-0.15, -0.1) is 0 Å². The van der Waals surface area contributed by atoms with Crippen molar-refractivity contribution in [1.82, 2.24) is 15.6 Å². The van der Waals surface area contributed by atoms with Gasteiger partial charge in [-0.25, -0.2) is 4.63 Å². The minimum atomic E-state index is -0.447. The molecular formula is C12H14N4O3. The van der Waals surface area contributed by atoms with Crippen molar-refractivity contribution in [2.75, 3.05) is 12.8 Å². The minimum Gasteiger partial charge on any atom is -0.496 e. The van der Waals surface area contributed by atoms with E-state index in [9.17, 15) is 4.79 Å². The number of amides is 1. The maximum Gasteiger partial charge on any atom is 0.277 e. The molecule has 1 aromatic carbocycles. The normalized spacial score (nSPS) is 11.9. The van der Waals surface area contributed by atoms with Crippen LogP contribution in [-0.4, -0.2) is 23.3 Å². The molecule has 3 N–H and O–H groups in total. The van der Waals surface area contributed by atoms with Gasteiger partial charge in [0.15, 0.2) is 0 Å². The predicted octanol–water partition coefficient (Wildman–Crippen LogP) is 1.15. The van der Waals surface area contributed by atoms with Gasteiger partial charge < -0.3 is 15.8 Å². The van der Waals surface area contributed by atoms with Crippen LogP contribution >= 0.6 is 0 Å². The van der Waals surface area contributed by atoms with Crippen LogP contribution in [0.4, 0.5) is 5.82 Å². The molecule has 19 heavy (non-hydrogen) atoms. The Morgan fingerprint density at radius 2 is 2.16 bits per heavy atom. The van der Waals surface area contributed by atoms with Crippen LogP contribution in [0.5, 0.6) is 5.75 Å². The first-order valence-electron chi connectivity index (χ1n) is 5.65. The van der Waals surface area contributed by atoms with Gasteiger partial charge in [-0.2, -0.15) is 0 Å². The van der Waals surface area contributed by atoms with E-state index in [0.717, 1.165) is 5.56 Å². The second-order valence-corrected chi connectivity index (χ2v) is 3.94. The number of carbonyl (C=O) groups is 1. The quantitative estimate of drug-likeness (QED) is 0.856. The number of methoxy groups -OCH3 is 1. The Labute approximate surface area is 109 Å². The number of nitrogens with zero attached hydrogens (tertiary/aromatic N) is 2. The maximum absolute atomic E-state index is 11.9. The molecule has 0 spiro atoms. The van der Waals surface area contributed by atoms with Gasteiger partial charge in [-0.3, -0.25) is 4.79 Å². The Bertz CT molecular complexity index is 582. The summed E-state index contributed by atoms with van der Waals surface area (Å²) in [5.41, 5.74) is 6.29. The molecule has 0 fully saturated rings. The van der Waals surface area contributed by atoms with Gasteiger partial charge in [0, 0.05) is 5.56 Å². The molecule has 1 unspecified atom stereocenters. The fourth-order valence-corrected chi connectivity index (χ4v) is 1.72. The van der Waals surface area contributed by atoms with E-state index < -0.39 is 5.91 Å². The molecule has 1 amide bonds. The number of carbonyl (C=O) groups excluding carboxylic acids is 1. The van der Waals surface area contributed by atoms with Crippen molar-refractivity contribution in [1.29, 1.82) is 0 Å². The number of nitrogen functional groups attached to an aromatic ring is 1. The van der Waals surface area contributed by atoms with E-state index in [0.29, 0.717) is 5.75 Å².